The van der Waals surface area contributed by atoms with Crippen molar-refractivity contribution in [2.75, 3.05) is 12.3 Å². The molecule has 1 unspecified atom stereocenters. The summed E-state index contributed by atoms with van der Waals surface area (Å²) in [5.74, 6) is 0.340. The van der Waals surface area contributed by atoms with Gasteiger partial charge in [0.2, 0.25) is 5.91 Å². The Hall–Kier alpha value is -3.05. The average molecular weight is 405 g/mol. The van der Waals surface area contributed by atoms with E-state index < -0.39 is 6.04 Å². The van der Waals surface area contributed by atoms with Gasteiger partial charge < -0.3 is 10.6 Å². The Labute approximate surface area is 175 Å². The Balaban J connectivity index is 1.58. The second kappa shape index (κ2) is 11.1. The third-order valence-electron chi connectivity index (χ3n) is 4.35. The monoisotopic (exact) mass is 404 g/mol. The van der Waals surface area contributed by atoms with Gasteiger partial charge in [0.25, 0.3) is 5.91 Å². The van der Waals surface area contributed by atoms with Gasteiger partial charge in [-0.1, -0.05) is 66.7 Å². The molecule has 0 fully saturated rings. The van der Waals surface area contributed by atoms with E-state index in [2.05, 4.69) is 10.6 Å². The lowest BCUT2D eigenvalue weighted by molar-refractivity contribution is -0.122. The predicted octanol–water partition coefficient (Wildman–Crippen LogP) is 3.94. The Bertz CT molecular complexity index is 902. The van der Waals surface area contributed by atoms with Crippen LogP contribution in [0.3, 0.4) is 0 Å². The van der Waals surface area contributed by atoms with Gasteiger partial charge >= 0.3 is 0 Å². The highest BCUT2D eigenvalue weighted by molar-refractivity contribution is 7.99. The molecule has 2 amide bonds. The molecule has 0 spiro atoms. The number of amides is 2. The molecule has 0 aliphatic carbocycles. The number of carbonyl (C=O) groups excluding carboxylic acids is 2. The molecule has 29 heavy (non-hydrogen) atoms. The van der Waals surface area contributed by atoms with Gasteiger partial charge in [0.15, 0.2) is 0 Å². The summed E-state index contributed by atoms with van der Waals surface area (Å²) in [6, 6.07) is 28.1. The zero-order chi connectivity index (χ0) is 20.3. The molecule has 0 radical (unpaired) electrons. The van der Waals surface area contributed by atoms with Crippen molar-refractivity contribution >= 4 is 23.6 Å². The molecule has 0 bridgehead atoms. The van der Waals surface area contributed by atoms with Gasteiger partial charge in [-0.2, -0.15) is 0 Å². The van der Waals surface area contributed by atoms with E-state index in [0.29, 0.717) is 18.5 Å². The summed E-state index contributed by atoms with van der Waals surface area (Å²) in [4.78, 5) is 26.5. The van der Waals surface area contributed by atoms with Gasteiger partial charge in [-0.3, -0.25) is 9.59 Å². The summed E-state index contributed by atoms with van der Waals surface area (Å²) < 4.78 is 0. The van der Waals surface area contributed by atoms with Crippen molar-refractivity contribution in [2.45, 2.75) is 17.4 Å². The maximum Gasteiger partial charge on any atom is 0.251 e. The van der Waals surface area contributed by atoms with E-state index in [0.717, 1.165) is 11.3 Å². The SMILES string of the molecule is O=C(NC(Cc1ccccc1)C(=O)NCCSc1ccccc1)c1ccccc1. The van der Waals surface area contributed by atoms with Crippen LogP contribution in [-0.2, 0) is 11.2 Å². The highest BCUT2D eigenvalue weighted by Crippen LogP contribution is 2.15. The summed E-state index contributed by atoms with van der Waals surface area (Å²) in [5, 5.41) is 5.84. The van der Waals surface area contributed by atoms with Crippen LogP contribution in [0, 0.1) is 0 Å². The summed E-state index contributed by atoms with van der Waals surface area (Å²) >= 11 is 1.69. The molecule has 0 aliphatic rings. The second-order valence-electron chi connectivity index (χ2n) is 6.53. The fourth-order valence-corrected chi connectivity index (χ4v) is 3.66. The van der Waals surface area contributed by atoms with Crippen LogP contribution >= 0.6 is 11.8 Å². The van der Waals surface area contributed by atoms with Crippen molar-refractivity contribution in [2.24, 2.45) is 0 Å². The highest BCUT2D eigenvalue weighted by atomic mass is 32.2. The van der Waals surface area contributed by atoms with Crippen molar-refractivity contribution in [1.29, 1.82) is 0 Å². The molecule has 148 valence electrons. The largest absolute Gasteiger partial charge is 0.353 e. The maximum atomic E-state index is 12.8. The first-order valence-electron chi connectivity index (χ1n) is 9.58. The molecule has 3 aromatic carbocycles. The van der Waals surface area contributed by atoms with Gasteiger partial charge in [-0.05, 0) is 29.8 Å². The van der Waals surface area contributed by atoms with Crippen LogP contribution in [0.5, 0.6) is 0 Å². The first-order chi connectivity index (χ1) is 14.2. The van der Waals surface area contributed by atoms with E-state index in [-0.39, 0.29) is 11.8 Å². The number of hydrogen-bond donors (Lipinski definition) is 2. The topological polar surface area (TPSA) is 58.2 Å². The molecule has 0 saturated heterocycles. The quantitative estimate of drug-likeness (QED) is 0.420. The van der Waals surface area contributed by atoms with Gasteiger partial charge in [0.1, 0.15) is 6.04 Å². The fraction of sp³-hybridized carbons (Fsp3) is 0.167. The first kappa shape index (κ1) is 20.7. The van der Waals surface area contributed by atoms with Crippen LogP contribution in [0.1, 0.15) is 15.9 Å². The van der Waals surface area contributed by atoms with Crippen LogP contribution in [0.4, 0.5) is 0 Å². The molecular formula is C24H24N2O2S. The van der Waals surface area contributed by atoms with Crippen molar-refractivity contribution in [3.63, 3.8) is 0 Å². The molecule has 1 atom stereocenters. The number of thioether (sulfide) groups is 1. The van der Waals surface area contributed by atoms with E-state index in [1.807, 2.05) is 78.9 Å². The third kappa shape index (κ3) is 6.80. The van der Waals surface area contributed by atoms with E-state index in [1.54, 1.807) is 23.9 Å². The van der Waals surface area contributed by atoms with E-state index in [1.165, 1.54) is 4.90 Å². The Morgan fingerprint density at radius 3 is 2.03 bits per heavy atom. The zero-order valence-electron chi connectivity index (χ0n) is 16.1. The molecule has 3 aromatic rings. The number of benzene rings is 3. The van der Waals surface area contributed by atoms with Crippen molar-refractivity contribution < 1.29 is 9.59 Å². The molecule has 5 heteroatoms. The summed E-state index contributed by atoms with van der Waals surface area (Å²) in [7, 11) is 0. The number of carbonyl (C=O) groups is 2. The normalized spacial score (nSPS) is 11.4. The van der Waals surface area contributed by atoms with E-state index in [9.17, 15) is 9.59 Å². The lowest BCUT2D eigenvalue weighted by Gasteiger charge is -2.19. The van der Waals surface area contributed by atoms with Crippen molar-refractivity contribution in [3.8, 4) is 0 Å². The molecular weight excluding hydrogens is 380 g/mol. The minimum atomic E-state index is -0.633. The van der Waals surface area contributed by atoms with Crippen LogP contribution < -0.4 is 10.6 Å². The first-order valence-corrected chi connectivity index (χ1v) is 10.6. The number of nitrogens with one attached hydrogen (secondary N) is 2. The minimum absolute atomic E-state index is 0.174. The van der Waals surface area contributed by atoms with Gasteiger partial charge in [-0.25, -0.2) is 0 Å². The lowest BCUT2D eigenvalue weighted by atomic mass is 10.0. The van der Waals surface area contributed by atoms with Gasteiger partial charge in [0.05, 0.1) is 0 Å². The second-order valence-corrected chi connectivity index (χ2v) is 7.70. The van der Waals surface area contributed by atoms with Crippen LogP contribution in [-0.4, -0.2) is 30.2 Å². The molecule has 4 nitrogen and oxygen atoms in total. The van der Waals surface area contributed by atoms with Crippen molar-refractivity contribution in [3.05, 3.63) is 102 Å². The predicted molar refractivity (Wildman–Crippen MR) is 118 cm³/mol. The summed E-state index contributed by atoms with van der Waals surface area (Å²) in [6.07, 6.45) is 0.442. The van der Waals surface area contributed by atoms with E-state index >= 15 is 0 Å². The van der Waals surface area contributed by atoms with Gasteiger partial charge in [-0.15, -0.1) is 11.8 Å². The maximum absolute atomic E-state index is 12.8. The van der Waals surface area contributed by atoms with Crippen LogP contribution in [0.2, 0.25) is 0 Å². The summed E-state index contributed by atoms with van der Waals surface area (Å²) in [6.45, 7) is 0.533. The Morgan fingerprint density at radius 2 is 1.38 bits per heavy atom. The Kier molecular flexibility index (Phi) is 7.90. The van der Waals surface area contributed by atoms with Crippen molar-refractivity contribution in [1.82, 2.24) is 10.6 Å². The molecule has 2 N–H and O–H groups in total. The standard InChI is InChI=1S/C24H24N2O2S/c27-23(20-12-6-2-7-13-20)26-22(18-19-10-4-1-5-11-19)24(28)25-16-17-29-21-14-8-3-9-15-21/h1-15,22H,16-18H2,(H,25,28)(H,26,27). The fourth-order valence-electron chi connectivity index (χ4n) is 2.87. The molecule has 3 rings (SSSR count). The molecule has 0 aliphatic heterocycles. The smallest absolute Gasteiger partial charge is 0.251 e. The van der Waals surface area contributed by atoms with Crippen LogP contribution in [0.15, 0.2) is 95.9 Å². The van der Waals surface area contributed by atoms with Gasteiger partial charge in [0, 0.05) is 29.2 Å². The zero-order valence-corrected chi connectivity index (χ0v) is 16.9. The molecule has 0 saturated carbocycles. The number of hydrogen-bond acceptors (Lipinski definition) is 3. The molecule has 0 aromatic heterocycles. The summed E-state index contributed by atoms with van der Waals surface area (Å²) in [5.41, 5.74) is 1.54. The average Bonchev–Trinajstić information content (AvgIpc) is 2.78. The Morgan fingerprint density at radius 1 is 0.793 bits per heavy atom. The van der Waals surface area contributed by atoms with Crippen LogP contribution in [0.25, 0.3) is 0 Å². The minimum Gasteiger partial charge on any atom is -0.353 e. The lowest BCUT2D eigenvalue weighted by Crippen LogP contribution is -2.48. The molecule has 0 heterocycles. The number of rotatable bonds is 9. The van der Waals surface area contributed by atoms with E-state index in [4.69, 9.17) is 0 Å². The highest BCUT2D eigenvalue weighted by Gasteiger charge is 2.21. The third-order valence-corrected chi connectivity index (χ3v) is 5.37.